The Kier molecular flexibility index (Phi) is 4.33. The lowest BCUT2D eigenvalue weighted by Gasteiger charge is -2.08. The van der Waals surface area contributed by atoms with Crippen LogP contribution in [0.4, 0.5) is 5.69 Å². The third-order valence-electron chi connectivity index (χ3n) is 3.08. The Morgan fingerprint density at radius 2 is 1.95 bits per heavy atom. The molecule has 0 unspecified atom stereocenters. The quantitative estimate of drug-likeness (QED) is 0.904. The van der Waals surface area contributed by atoms with Crippen LogP contribution in [0.2, 0.25) is 0 Å². The van der Waals surface area contributed by atoms with Crippen molar-refractivity contribution in [3.8, 4) is 0 Å². The highest BCUT2D eigenvalue weighted by atomic mass is 16.4. The van der Waals surface area contributed by atoms with Crippen molar-refractivity contribution < 1.29 is 14.7 Å². The first-order valence-corrected chi connectivity index (χ1v) is 6.51. The molecule has 2 rings (SSSR count). The van der Waals surface area contributed by atoms with E-state index in [1.807, 2.05) is 19.1 Å². The zero-order valence-electron chi connectivity index (χ0n) is 11.9. The topological polar surface area (TPSA) is 79.3 Å². The van der Waals surface area contributed by atoms with Gasteiger partial charge in [-0.3, -0.25) is 9.78 Å². The molecule has 1 heterocycles. The zero-order chi connectivity index (χ0) is 15.4. The number of aromatic nitrogens is 1. The zero-order valence-corrected chi connectivity index (χ0v) is 11.9. The van der Waals surface area contributed by atoms with E-state index in [1.165, 1.54) is 6.07 Å². The number of carboxylic acid groups (broad SMARTS) is 1. The molecule has 1 aromatic heterocycles. The van der Waals surface area contributed by atoms with Gasteiger partial charge in [0.1, 0.15) is 0 Å². The third-order valence-corrected chi connectivity index (χ3v) is 3.08. The van der Waals surface area contributed by atoms with E-state index < -0.39 is 5.97 Å². The molecule has 21 heavy (non-hydrogen) atoms. The Bertz CT molecular complexity index is 678. The molecule has 0 bridgehead atoms. The molecule has 108 valence electrons. The van der Waals surface area contributed by atoms with Crippen molar-refractivity contribution in [3.05, 3.63) is 58.9 Å². The molecule has 1 amide bonds. The number of carbonyl (C=O) groups excluding carboxylic acids is 1. The van der Waals surface area contributed by atoms with Crippen molar-refractivity contribution in [2.45, 2.75) is 20.3 Å². The predicted octanol–water partition coefficient (Wildman–Crippen LogP) is 2.58. The van der Waals surface area contributed by atoms with E-state index >= 15 is 0 Å². The molecular formula is C16H16N2O3. The summed E-state index contributed by atoms with van der Waals surface area (Å²) in [7, 11) is 0. The Balaban J connectivity index is 2.04. The number of benzene rings is 1. The van der Waals surface area contributed by atoms with Gasteiger partial charge in [-0.1, -0.05) is 6.07 Å². The summed E-state index contributed by atoms with van der Waals surface area (Å²) in [6.07, 6.45) is 1.90. The maximum absolute atomic E-state index is 11.9. The van der Waals surface area contributed by atoms with Gasteiger partial charge < -0.3 is 10.4 Å². The van der Waals surface area contributed by atoms with Gasteiger partial charge in [0.15, 0.2) is 0 Å². The number of hydrogen-bond donors (Lipinski definition) is 2. The van der Waals surface area contributed by atoms with E-state index in [9.17, 15) is 9.59 Å². The van der Waals surface area contributed by atoms with Crippen LogP contribution >= 0.6 is 0 Å². The second-order valence-corrected chi connectivity index (χ2v) is 4.87. The first-order chi connectivity index (χ1) is 9.95. The molecule has 0 spiro atoms. The summed E-state index contributed by atoms with van der Waals surface area (Å²) in [6, 6.07) is 8.44. The van der Waals surface area contributed by atoms with Crippen LogP contribution in [-0.4, -0.2) is 22.0 Å². The summed E-state index contributed by atoms with van der Waals surface area (Å²) < 4.78 is 0. The molecule has 5 nitrogen and oxygen atoms in total. The van der Waals surface area contributed by atoms with Crippen molar-refractivity contribution in [2.75, 3.05) is 5.32 Å². The van der Waals surface area contributed by atoms with Gasteiger partial charge in [0.25, 0.3) is 0 Å². The normalized spacial score (nSPS) is 10.2. The van der Waals surface area contributed by atoms with E-state index in [0.717, 1.165) is 11.3 Å². The van der Waals surface area contributed by atoms with Crippen molar-refractivity contribution >= 4 is 17.6 Å². The van der Waals surface area contributed by atoms with Crippen LogP contribution in [0.25, 0.3) is 0 Å². The highest BCUT2D eigenvalue weighted by molar-refractivity contribution is 5.94. The number of carboxylic acids is 1. The fourth-order valence-electron chi connectivity index (χ4n) is 1.97. The summed E-state index contributed by atoms with van der Waals surface area (Å²) >= 11 is 0. The lowest BCUT2D eigenvalue weighted by atomic mass is 10.1. The molecule has 0 fully saturated rings. The van der Waals surface area contributed by atoms with E-state index in [2.05, 4.69) is 10.3 Å². The minimum atomic E-state index is -0.976. The number of pyridine rings is 1. The van der Waals surface area contributed by atoms with Crippen LogP contribution in [0.3, 0.4) is 0 Å². The Morgan fingerprint density at radius 3 is 2.52 bits per heavy atom. The Morgan fingerprint density at radius 1 is 1.19 bits per heavy atom. The van der Waals surface area contributed by atoms with Gasteiger partial charge in [-0.15, -0.1) is 0 Å². The number of rotatable bonds is 4. The predicted molar refractivity (Wildman–Crippen MR) is 79.4 cm³/mol. The molecule has 1 aromatic carbocycles. The number of aryl methyl sites for hydroxylation is 2. The summed E-state index contributed by atoms with van der Waals surface area (Å²) in [4.78, 5) is 27.0. The number of nitrogens with one attached hydrogen (secondary N) is 1. The molecule has 2 aromatic rings. The molecule has 0 aliphatic heterocycles. The molecule has 0 atom stereocenters. The molecule has 0 aliphatic carbocycles. The molecule has 5 heteroatoms. The second kappa shape index (κ2) is 6.17. The fourth-order valence-corrected chi connectivity index (χ4v) is 1.97. The fraction of sp³-hybridized carbons (Fsp3) is 0.188. The van der Waals surface area contributed by atoms with Crippen LogP contribution in [0.5, 0.6) is 0 Å². The summed E-state index contributed by atoms with van der Waals surface area (Å²) in [5, 5.41) is 11.7. The maximum Gasteiger partial charge on any atom is 0.335 e. The molecule has 2 N–H and O–H groups in total. The molecular weight excluding hydrogens is 268 g/mol. The van der Waals surface area contributed by atoms with Crippen LogP contribution in [0.1, 0.15) is 27.2 Å². The van der Waals surface area contributed by atoms with Gasteiger partial charge in [-0.05, 0) is 49.2 Å². The lowest BCUT2D eigenvalue weighted by Crippen LogP contribution is -2.15. The molecule has 0 saturated heterocycles. The molecule has 0 aliphatic rings. The average molecular weight is 284 g/mol. The van der Waals surface area contributed by atoms with Crippen LogP contribution < -0.4 is 5.32 Å². The highest BCUT2D eigenvalue weighted by Crippen LogP contribution is 2.15. The first kappa shape index (κ1) is 14.7. The van der Waals surface area contributed by atoms with Crippen LogP contribution in [0.15, 0.2) is 36.5 Å². The van der Waals surface area contributed by atoms with Crippen LogP contribution in [-0.2, 0) is 11.2 Å². The van der Waals surface area contributed by atoms with Crippen molar-refractivity contribution in [1.82, 2.24) is 4.98 Å². The summed E-state index contributed by atoms with van der Waals surface area (Å²) in [6.45, 7) is 3.58. The number of carbonyl (C=O) groups is 2. The SMILES string of the molecule is Cc1ccc(CC(=O)Nc2ccc(C(=O)O)c(C)c2)cn1. The standard InChI is InChI=1S/C16H16N2O3/c1-10-7-13(5-6-14(10)16(20)21)18-15(19)8-12-4-3-11(2)17-9-12/h3-7,9H,8H2,1-2H3,(H,18,19)(H,20,21). The number of nitrogens with zero attached hydrogens (tertiary/aromatic N) is 1. The number of hydrogen-bond acceptors (Lipinski definition) is 3. The number of amides is 1. The van der Waals surface area contributed by atoms with E-state index in [0.29, 0.717) is 11.3 Å². The van der Waals surface area contributed by atoms with Gasteiger partial charge >= 0.3 is 5.97 Å². The largest absolute Gasteiger partial charge is 0.478 e. The number of aromatic carboxylic acids is 1. The maximum atomic E-state index is 11.9. The van der Waals surface area contributed by atoms with Crippen molar-refractivity contribution in [2.24, 2.45) is 0 Å². The smallest absolute Gasteiger partial charge is 0.335 e. The Labute approximate surface area is 122 Å². The second-order valence-electron chi connectivity index (χ2n) is 4.87. The minimum absolute atomic E-state index is 0.164. The van der Waals surface area contributed by atoms with Gasteiger partial charge in [0, 0.05) is 17.6 Å². The molecule has 0 saturated carbocycles. The van der Waals surface area contributed by atoms with Gasteiger partial charge in [0.05, 0.1) is 12.0 Å². The van der Waals surface area contributed by atoms with E-state index in [1.54, 1.807) is 25.3 Å². The van der Waals surface area contributed by atoms with Crippen LogP contribution in [0, 0.1) is 13.8 Å². The Hall–Kier alpha value is -2.69. The highest BCUT2D eigenvalue weighted by Gasteiger charge is 2.09. The van der Waals surface area contributed by atoms with Crippen molar-refractivity contribution in [3.63, 3.8) is 0 Å². The van der Waals surface area contributed by atoms with E-state index in [-0.39, 0.29) is 17.9 Å². The van der Waals surface area contributed by atoms with Crippen molar-refractivity contribution in [1.29, 1.82) is 0 Å². The average Bonchev–Trinajstić information content (AvgIpc) is 2.41. The monoisotopic (exact) mass is 284 g/mol. The summed E-state index contributed by atoms with van der Waals surface area (Å²) in [5.41, 5.74) is 3.16. The summed E-state index contributed by atoms with van der Waals surface area (Å²) in [5.74, 6) is -1.14. The van der Waals surface area contributed by atoms with Gasteiger partial charge in [-0.25, -0.2) is 4.79 Å². The first-order valence-electron chi connectivity index (χ1n) is 6.51. The van der Waals surface area contributed by atoms with E-state index in [4.69, 9.17) is 5.11 Å². The lowest BCUT2D eigenvalue weighted by molar-refractivity contribution is -0.115. The number of anilines is 1. The minimum Gasteiger partial charge on any atom is -0.478 e. The molecule has 0 radical (unpaired) electrons. The van der Waals surface area contributed by atoms with Gasteiger partial charge in [-0.2, -0.15) is 0 Å². The third kappa shape index (κ3) is 3.89. The van der Waals surface area contributed by atoms with Gasteiger partial charge in [0.2, 0.25) is 5.91 Å².